The molecule has 0 saturated heterocycles. The van der Waals surface area contributed by atoms with Gasteiger partial charge in [0, 0.05) is 24.3 Å². The van der Waals surface area contributed by atoms with Crippen LogP contribution in [-0.4, -0.2) is 31.1 Å². The van der Waals surface area contributed by atoms with Crippen LogP contribution in [-0.2, 0) is 0 Å². The summed E-state index contributed by atoms with van der Waals surface area (Å²) >= 11 is 0. The first-order valence-corrected chi connectivity index (χ1v) is 8.78. The van der Waals surface area contributed by atoms with Crippen molar-refractivity contribution in [3.05, 3.63) is 71.8 Å². The van der Waals surface area contributed by atoms with Gasteiger partial charge >= 0.3 is 0 Å². The molecule has 0 N–H and O–H groups in total. The lowest BCUT2D eigenvalue weighted by Gasteiger charge is -2.33. The van der Waals surface area contributed by atoms with Crippen molar-refractivity contribution in [3.8, 4) is 0 Å². The number of hydrogen-bond donors (Lipinski definition) is 0. The fourth-order valence-corrected chi connectivity index (χ4v) is 3.16. The van der Waals surface area contributed by atoms with Gasteiger partial charge in [0.05, 0.1) is 0 Å². The zero-order chi connectivity index (χ0) is 16.7. The minimum Gasteiger partial charge on any atom is -0.372 e. The Hall–Kier alpha value is -1.80. The van der Waals surface area contributed by atoms with Gasteiger partial charge < -0.3 is 4.90 Å². The van der Waals surface area contributed by atoms with E-state index < -0.39 is 0 Å². The lowest BCUT2D eigenvalue weighted by molar-refractivity contribution is 0.346. The summed E-state index contributed by atoms with van der Waals surface area (Å²) in [6.07, 6.45) is 0. The summed E-state index contributed by atoms with van der Waals surface area (Å²) in [6, 6.07) is 20.9. The quantitative estimate of drug-likeness (QED) is 0.691. The molecule has 2 nitrogen and oxygen atoms in total. The number of hydrogen-bond acceptors (Lipinski definition) is 2. The van der Waals surface area contributed by atoms with Gasteiger partial charge in [0.15, 0.2) is 0 Å². The van der Waals surface area contributed by atoms with Crippen LogP contribution in [0.2, 0.25) is 0 Å². The third kappa shape index (κ3) is 3.94. The summed E-state index contributed by atoms with van der Waals surface area (Å²) < 4.78 is 0. The SMILES string of the molecule is CCN(CC)[C](c1ccccc1)c1ccccc1N(CC)CC. The molecule has 0 spiro atoms. The Balaban J connectivity index is 2.56. The van der Waals surface area contributed by atoms with Crippen molar-refractivity contribution in [1.29, 1.82) is 0 Å². The summed E-state index contributed by atoms with van der Waals surface area (Å²) in [7, 11) is 0. The molecule has 2 heteroatoms. The van der Waals surface area contributed by atoms with Gasteiger partial charge in [-0.05, 0) is 38.6 Å². The molecule has 2 aromatic carbocycles. The molecule has 0 aliphatic carbocycles. The van der Waals surface area contributed by atoms with Crippen molar-refractivity contribution in [2.75, 3.05) is 31.1 Å². The summed E-state index contributed by atoms with van der Waals surface area (Å²) in [5, 5.41) is 0. The van der Waals surface area contributed by atoms with Gasteiger partial charge in [0.1, 0.15) is 6.04 Å². The minimum absolute atomic E-state index is 1.01. The normalized spacial score (nSPS) is 11.2. The van der Waals surface area contributed by atoms with E-state index in [1.54, 1.807) is 0 Å². The topological polar surface area (TPSA) is 6.48 Å². The van der Waals surface area contributed by atoms with Gasteiger partial charge in [-0.2, -0.15) is 0 Å². The molecule has 0 unspecified atom stereocenters. The summed E-state index contributed by atoms with van der Waals surface area (Å²) in [5.74, 6) is 0. The molecule has 2 rings (SSSR count). The largest absolute Gasteiger partial charge is 0.372 e. The van der Waals surface area contributed by atoms with Crippen LogP contribution in [0.25, 0.3) is 0 Å². The van der Waals surface area contributed by atoms with Crippen LogP contribution >= 0.6 is 0 Å². The molecule has 23 heavy (non-hydrogen) atoms. The Morgan fingerprint density at radius 1 is 0.696 bits per heavy atom. The van der Waals surface area contributed by atoms with Gasteiger partial charge in [0.25, 0.3) is 0 Å². The minimum atomic E-state index is 1.01. The second-order valence-electron chi connectivity index (χ2n) is 5.58. The monoisotopic (exact) mass is 309 g/mol. The first-order chi connectivity index (χ1) is 11.3. The third-order valence-electron chi connectivity index (χ3n) is 4.39. The molecule has 0 bridgehead atoms. The van der Waals surface area contributed by atoms with E-state index in [4.69, 9.17) is 0 Å². The van der Waals surface area contributed by atoms with Gasteiger partial charge in [-0.25, -0.2) is 0 Å². The van der Waals surface area contributed by atoms with Crippen LogP contribution in [0.3, 0.4) is 0 Å². The highest BCUT2D eigenvalue weighted by Gasteiger charge is 2.24. The molecule has 0 fully saturated rings. The maximum Gasteiger partial charge on any atom is 0.101 e. The van der Waals surface area contributed by atoms with Crippen molar-refractivity contribution in [2.24, 2.45) is 0 Å². The molecule has 0 saturated carbocycles. The Morgan fingerprint density at radius 2 is 1.26 bits per heavy atom. The van der Waals surface area contributed by atoms with Gasteiger partial charge in [-0.15, -0.1) is 0 Å². The van der Waals surface area contributed by atoms with E-state index in [1.807, 2.05) is 0 Å². The average molecular weight is 309 g/mol. The predicted octanol–water partition coefficient (Wildman–Crippen LogP) is 4.80. The standard InChI is InChI=1S/C21H29N2/c1-5-22(6-2)20-17-13-12-16-19(20)21(23(7-3)8-4)18-14-10-9-11-15-18/h9-17H,5-8H2,1-4H3. The van der Waals surface area contributed by atoms with Crippen molar-refractivity contribution in [2.45, 2.75) is 27.7 Å². The summed E-state index contributed by atoms with van der Waals surface area (Å²) in [6.45, 7) is 13.0. The molecule has 1 radical (unpaired) electrons. The number of nitrogens with zero attached hydrogens (tertiary/aromatic N) is 2. The van der Waals surface area contributed by atoms with E-state index in [1.165, 1.54) is 22.9 Å². The number of rotatable bonds is 8. The third-order valence-corrected chi connectivity index (χ3v) is 4.39. The lowest BCUT2D eigenvalue weighted by atomic mass is 9.95. The highest BCUT2D eigenvalue weighted by atomic mass is 15.2. The zero-order valence-electron chi connectivity index (χ0n) is 14.9. The molecule has 123 valence electrons. The molecular formula is C21H29N2. The Morgan fingerprint density at radius 3 is 1.83 bits per heavy atom. The second kappa shape index (κ2) is 8.73. The Kier molecular flexibility index (Phi) is 6.66. The van der Waals surface area contributed by atoms with Crippen molar-refractivity contribution < 1.29 is 0 Å². The number of benzene rings is 2. The number of anilines is 1. The first-order valence-electron chi connectivity index (χ1n) is 8.78. The van der Waals surface area contributed by atoms with Crippen molar-refractivity contribution >= 4 is 5.69 Å². The van der Waals surface area contributed by atoms with E-state index in [0.29, 0.717) is 0 Å². The molecular weight excluding hydrogens is 280 g/mol. The molecule has 0 aliphatic rings. The van der Waals surface area contributed by atoms with Crippen LogP contribution in [0.1, 0.15) is 38.8 Å². The first kappa shape index (κ1) is 17.6. The molecule has 0 aliphatic heterocycles. The Bertz CT molecular complexity index is 571. The average Bonchev–Trinajstić information content (AvgIpc) is 2.62. The van der Waals surface area contributed by atoms with Crippen molar-refractivity contribution in [1.82, 2.24) is 4.90 Å². The lowest BCUT2D eigenvalue weighted by Crippen LogP contribution is -2.32. The van der Waals surface area contributed by atoms with Crippen molar-refractivity contribution in [3.63, 3.8) is 0 Å². The van der Waals surface area contributed by atoms with E-state index in [0.717, 1.165) is 26.2 Å². The highest BCUT2D eigenvalue weighted by molar-refractivity contribution is 5.62. The summed E-state index contributed by atoms with van der Waals surface area (Å²) in [5.41, 5.74) is 3.94. The van der Waals surface area contributed by atoms with E-state index >= 15 is 0 Å². The van der Waals surface area contributed by atoms with Gasteiger partial charge in [0.2, 0.25) is 0 Å². The van der Waals surface area contributed by atoms with Crippen LogP contribution in [0.5, 0.6) is 0 Å². The van der Waals surface area contributed by atoms with Gasteiger partial charge in [-0.1, -0.05) is 62.4 Å². The van der Waals surface area contributed by atoms with E-state index in [9.17, 15) is 0 Å². The zero-order valence-corrected chi connectivity index (χ0v) is 14.9. The summed E-state index contributed by atoms with van der Waals surface area (Å²) in [4.78, 5) is 4.89. The van der Waals surface area contributed by atoms with Crippen LogP contribution in [0.15, 0.2) is 54.6 Å². The van der Waals surface area contributed by atoms with Crippen LogP contribution < -0.4 is 4.90 Å². The Labute approximate surface area is 141 Å². The molecule has 0 heterocycles. The smallest absolute Gasteiger partial charge is 0.101 e. The fraction of sp³-hybridized carbons (Fsp3) is 0.381. The second-order valence-corrected chi connectivity index (χ2v) is 5.58. The van der Waals surface area contributed by atoms with E-state index in [-0.39, 0.29) is 0 Å². The molecule has 0 aromatic heterocycles. The fourth-order valence-electron chi connectivity index (χ4n) is 3.16. The molecule has 0 atom stereocenters. The maximum absolute atomic E-state index is 2.46. The van der Waals surface area contributed by atoms with E-state index in [2.05, 4.69) is 92.1 Å². The predicted molar refractivity (Wildman–Crippen MR) is 101 cm³/mol. The highest BCUT2D eigenvalue weighted by Crippen LogP contribution is 2.34. The number of para-hydroxylation sites is 1. The van der Waals surface area contributed by atoms with Gasteiger partial charge in [-0.3, -0.25) is 4.90 Å². The molecule has 0 amide bonds. The van der Waals surface area contributed by atoms with Crippen LogP contribution in [0.4, 0.5) is 5.69 Å². The van der Waals surface area contributed by atoms with Crippen LogP contribution in [0, 0.1) is 6.04 Å². The molecule has 2 aromatic rings. The maximum atomic E-state index is 2.46.